The Morgan fingerprint density at radius 1 is 1.46 bits per heavy atom. The molecule has 1 N–H and O–H groups in total. The Bertz CT molecular complexity index is 549. The van der Waals surface area contributed by atoms with Crippen LogP contribution >= 0.6 is 0 Å². The lowest BCUT2D eigenvalue weighted by atomic mass is 9.85. The molecule has 0 aromatic heterocycles. The molecule has 0 radical (unpaired) electrons. The molecule has 6 nitrogen and oxygen atoms in total. The molecule has 0 bridgehead atoms. The van der Waals surface area contributed by atoms with Crippen molar-refractivity contribution in [2.24, 2.45) is 0 Å². The molecule has 6 heteroatoms. The van der Waals surface area contributed by atoms with Crippen LogP contribution in [0.2, 0.25) is 0 Å². The molecule has 2 aliphatic rings. The van der Waals surface area contributed by atoms with Gasteiger partial charge in [-0.2, -0.15) is 0 Å². The zero-order chi connectivity index (χ0) is 17.7. The Morgan fingerprint density at radius 2 is 2.12 bits per heavy atom. The van der Waals surface area contributed by atoms with E-state index in [0.29, 0.717) is 6.41 Å². The SMILES string of the molecule is C=C/C=C(\C)CN(C=O)C(=O)N1C(C)C=CC2(CCNCC2)N1C. The predicted octanol–water partition coefficient (Wildman–Crippen LogP) is 1.93. The number of hydrogen-bond donors (Lipinski definition) is 1. The van der Waals surface area contributed by atoms with Crippen LogP contribution in [0.1, 0.15) is 26.7 Å². The number of nitrogens with one attached hydrogen (secondary N) is 1. The summed E-state index contributed by atoms with van der Waals surface area (Å²) < 4.78 is 0. The zero-order valence-electron chi connectivity index (χ0n) is 14.9. The largest absolute Gasteiger partial charge is 0.341 e. The monoisotopic (exact) mass is 332 g/mol. The summed E-state index contributed by atoms with van der Waals surface area (Å²) in [6.07, 6.45) is 10.2. The first-order valence-electron chi connectivity index (χ1n) is 8.42. The molecule has 1 saturated heterocycles. The third-order valence-corrected chi connectivity index (χ3v) is 4.90. The molecule has 24 heavy (non-hydrogen) atoms. The molecule has 1 fully saturated rings. The second-order valence-corrected chi connectivity index (χ2v) is 6.59. The van der Waals surface area contributed by atoms with E-state index in [4.69, 9.17) is 0 Å². The number of carbonyl (C=O) groups is 2. The van der Waals surface area contributed by atoms with Gasteiger partial charge in [0.25, 0.3) is 0 Å². The Kier molecular flexibility index (Phi) is 5.96. The number of urea groups is 1. The summed E-state index contributed by atoms with van der Waals surface area (Å²) in [5.41, 5.74) is 0.749. The van der Waals surface area contributed by atoms with Crippen molar-refractivity contribution in [3.8, 4) is 0 Å². The van der Waals surface area contributed by atoms with Crippen LogP contribution in [0.4, 0.5) is 4.79 Å². The number of amides is 3. The molecule has 1 unspecified atom stereocenters. The molecular weight excluding hydrogens is 304 g/mol. The van der Waals surface area contributed by atoms with Gasteiger partial charge in [0.05, 0.1) is 18.1 Å². The van der Waals surface area contributed by atoms with Crippen molar-refractivity contribution in [3.05, 3.63) is 36.5 Å². The molecule has 0 aromatic carbocycles. The number of likely N-dealkylation sites (N-methyl/N-ethyl adjacent to an activating group) is 1. The zero-order valence-corrected chi connectivity index (χ0v) is 14.9. The van der Waals surface area contributed by atoms with Gasteiger partial charge in [-0.25, -0.2) is 14.8 Å². The minimum atomic E-state index is -0.293. The summed E-state index contributed by atoms with van der Waals surface area (Å²) in [6.45, 7) is 9.60. The molecule has 2 heterocycles. The van der Waals surface area contributed by atoms with E-state index in [9.17, 15) is 9.59 Å². The van der Waals surface area contributed by atoms with Crippen molar-refractivity contribution >= 4 is 12.4 Å². The van der Waals surface area contributed by atoms with E-state index in [1.807, 2.05) is 25.9 Å². The Morgan fingerprint density at radius 3 is 2.71 bits per heavy atom. The Balaban J connectivity index is 2.22. The van der Waals surface area contributed by atoms with Gasteiger partial charge in [-0.15, -0.1) is 0 Å². The lowest BCUT2D eigenvalue weighted by Gasteiger charge is -2.52. The van der Waals surface area contributed by atoms with Crippen molar-refractivity contribution in [2.75, 3.05) is 26.7 Å². The normalized spacial score (nSPS) is 24.0. The van der Waals surface area contributed by atoms with E-state index in [-0.39, 0.29) is 24.2 Å². The summed E-state index contributed by atoms with van der Waals surface area (Å²) in [4.78, 5) is 25.7. The lowest BCUT2D eigenvalue weighted by Crippen LogP contribution is -2.65. The van der Waals surface area contributed by atoms with Gasteiger partial charge in [0, 0.05) is 7.05 Å². The summed E-state index contributed by atoms with van der Waals surface area (Å²) in [5.74, 6) is 0. The Labute approximate surface area is 144 Å². The van der Waals surface area contributed by atoms with Crippen molar-refractivity contribution in [1.82, 2.24) is 20.2 Å². The van der Waals surface area contributed by atoms with Crippen LogP contribution in [0.3, 0.4) is 0 Å². The van der Waals surface area contributed by atoms with E-state index in [2.05, 4.69) is 24.0 Å². The van der Waals surface area contributed by atoms with Crippen molar-refractivity contribution in [1.29, 1.82) is 0 Å². The van der Waals surface area contributed by atoms with Crippen molar-refractivity contribution in [2.45, 2.75) is 38.3 Å². The van der Waals surface area contributed by atoms with E-state index < -0.39 is 0 Å². The molecule has 3 amide bonds. The van der Waals surface area contributed by atoms with Gasteiger partial charge < -0.3 is 5.32 Å². The molecule has 2 rings (SSSR count). The molecule has 0 aromatic rings. The molecule has 2 aliphatic heterocycles. The van der Waals surface area contributed by atoms with Gasteiger partial charge in [-0.1, -0.05) is 36.5 Å². The number of imide groups is 1. The number of carbonyl (C=O) groups excluding carboxylic acids is 2. The highest BCUT2D eigenvalue weighted by Gasteiger charge is 2.43. The van der Waals surface area contributed by atoms with Crippen LogP contribution in [0, 0.1) is 0 Å². The van der Waals surface area contributed by atoms with Crippen LogP contribution in [0.5, 0.6) is 0 Å². The highest BCUT2D eigenvalue weighted by molar-refractivity contribution is 5.85. The standard InChI is InChI=1S/C18H28N4O2/c1-5-6-15(2)13-21(14-23)17(24)22-16(3)7-8-18(20(22)4)9-11-19-12-10-18/h5-8,14,16,19H,1,9-13H2,2-4H3/b15-6+. The van der Waals surface area contributed by atoms with Crippen molar-refractivity contribution < 1.29 is 9.59 Å². The smallest absolute Gasteiger partial charge is 0.317 e. The number of hydrogen-bond acceptors (Lipinski definition) is 4. The van der Waals surface area contributed by atoms with Crippen LogP contribution < -0.4 is 5.32 Å². The van der Waals surface area contributed by atoms with Crippen LogP contribution in [-0.2, 0) is 4.79 Å². The number of nitrogens with zero attached hydrogens (tertiary/aromatic N) is 3. The highest BCUT2D eigenvalue weighted by atomic mass is 16.2. The number of piperidine rings is 1. The molecule has 0 saturated carbocycles. The van der Waals surface area contributed by atoms with E-state index in [1.165, 1.54) is 4.90 Å². The fraction of sp³-hybridized carbons (Fsp3) is 0.556. The van der Waals surface area contributed by atoms with Gasteiger partial charge >= 0.3 is 6.03 Å². The Hall–Kier alpha value is -1.92. The van der Waals surface area contributed by atoms with Crippen LogP contribution in [0.15, 0.2) is 36.5 Å². The van der Waals surface area contributed by atoms with Crippen LogP contribution in [-0.4, -0.2) is 65.6 Å². The summed E-state index contributed by atoms with van der Waals surface area (Å²) in [5, 5.41) is 7.07. The molecule has 1 atom stereocenters. The minimum absolute atomic E-state index is 0.0887. The van der Waals surface area contributed by atoms with Gasteiger partial charge in [0.15, 0.2) is 0 Å². The maximum Gasteiger partial charge on any atom is 0.341 e. The molecular formula is C18H28N4O2. The average Bonchev–Trinajstić information content (AvgIpc) is 2.58. The fourth-order valence-corrected chi connectivity index (χ4v) is 3.45. The van der Waals surface area contributed by atoms with Gasteiger partial charge in [-0.05, 0) is 39.8 Å². The van der Waals surface area contributed by atoms with E-state index >= 15 is 0 Å². The second kappa shape index (κ2) is 7.77. The number of rotatable bonds is 4. The van der Waals surface area contributed by atoms with E-state index in [0.717, 1.165) is 31.5 Å². The van der Waals surface area contributed by atoms with Gasteiger partial charge in [0.1, 0.15) is 0 Å². The summed E-state index contributed by atoms with van der Waals surface area (Å²) >= 11 is 0. The quantitative estimate of drug-likeness (QED) is 0.485. The minimum Gasteiger partial charge on any atom is -0.317 e. The maximum absolute atomic E-state index is 13.0. The van der Waals surface area contributed by atoms with Crippen LogP contribution in [0.25, 0.3) is 0 Å². The summed E-state index contributed by atoms with van der Waals surface area (Å²) in [6, 6.07) is -0.381. The average molecular weight is 332 g/mol. The first-order valence-corrected chi connectivity index (χ1v) is 8.42. The second-order valence-electron chi connectivity index (χ2n) is 6.59. The number of allylic oxidation sites excluding steroid dienone is 2. The first kappa shape index (κ1) is 18.4. The molecule has 1 spiro atoms. The van der Waals surface area contributed by atoms with E-state index in [1.54, 1.807) is 17.2 Å². The molecule has 0 aliphatic carbocycles. The highest BCUT2D eigenvalue weighted by Crippen LogP contribution is 2.33. The molecule has 132 valence electrons. The maximum atomic E-state index is 13.0. The number of hydrazine groups is 1. The summed E-state index contributed by atoms with van der Waals surface area (Å²) in [7, 11) is 1.94. The first-order chi connectivity index (χ1) is 11.4. The third-order valence-electron chi connectivity index (χ3n) is 4.90. The topological polar surface area (TPSA) is 55.9 Å². The van der Waals surface area contributed by atoms with Crippen molar-refractivity contribution in [3.63, 3.8) is 0 Å². The third kappa shape index (κ3) is 3.60. The fourth-order valence-electron chi connectivity index (χ4n) is 3.45. The van der Waals surface area contributed by atoms with Gasteiger partial charge in [-0.3, -0.25) is 9.69 Å². The predicted molar refractivity (Wildman–Crippen MR) is 95.2 cm³/mol. The van der Waals surface area contributed by atoms with Gasteiger partial charge in [0.2, 0.25) is 6.41 Å². The lowest BCUT2D eigenvalue weighted by molar-refractivity contribution is -0.119.